The van der Waals surface area contributed by atoms with Gasteiger partial charge in [0.15, 0.2) is 5.75 Å². The first-order valence-corrected chi connectivity index (χ1v) is 7.02. The Balaban J connectivity index is 1.88. The van der Waals surface area contributed by atoms with Gasteiger partial charge in [-0.2, -0.15) is 0 Å². The molecule has 1 aromatic heterocycles. The van der Waals surface area contributed by atoms with Crippen molar-refractivity contribution in [3.8, 4) is 5.75 Å². The maximum absolute atomic E-state index is 11.3. The Bertz CT molecular complexity index is 476. The molecule has 0 aliphatic carbocycles. The minimum absolute atomic E-state index is 0.198. The van der Waals surface area contributed by atoms with Crippen LogP contribution in [0.2, 0.25) is 0 Å². The second-order valence-corrected chi connectivity index (χ2v) is 5.15. The number of aliphatic hydroxyl groups is 1. The zero-order valence-electron chi connectivity index (χ0n) is 11.8. The summed E-state index contributed by atoms with van der Waals surface area (Å²) in [5.74, 6) is 0.211. The lowest BCUT2D eigenvalue weighted by Crippen LogP contribution is -2.50. The second-order valence-electron chi connectivity index (χ2n) is 5.15. The summed E-state index contributed by atoms with van der Waals surface area (Å²) >= 11 is 0. The van der Waals surface area contributed by atoms with Crippen LogP contribution in [0.25, 0.3) is 0 Å². The van der Waals surface area contributed by atoms with E-state index in [2.05, 4.69) is 16.7 Å². The van der Waals surface area contributed by atoms with E-state index in [9.17, 15) is 9.90 Å². The molecule has 0 aromatic carbocycles. The highest BCUT2D eigenvalue weighted by molar-refractivity contribution is 5.15. The summed E-state index contributed by atoms with van der Waals surface area (Å²) < 4.78 is 5.21. The van der Waals surface area contributed by atoms with E-state index < -0.39 is 5.43 Å². The van der Waals surface area contributed by atoms with Crippen LogP contribution in [0.4, 0.5) is 0 Å². The van der Waals surface area contributed by atoms with E-state index in [0.717, 1.165) is 38.9 Å². The van der Waals surface area contributed by atoms with Crippen LogP contribution in [0.3, 0.4) is 0 Å². The van der Waals surface area contributed by atoms with Crippen LogP contribution in [-0.4, -0.2) is 58.8 Å². The van der Waals surface area contributed by atoms with Gasteiger partial charge < -0.3 is 14.6 Å². The molecule has 0 saturated carbocycles. The molecule has 0 spiro atoms. The van der Waals surface area contributed by atoms with Crippen molar-refractivity contribution in [2.75, 3.05) is 32.8 Å². The molecule has 112 valence electrons. The van der Waals surface area contributed by atoms with Crippen molar-refractivity contribution in [3.05, 3.63) is 28.3 Å². The van der Waals surface area contributed by atoms with Crippen molar-refractivity contribution < 1.29 is 14.6 Å². The summed E-state index contributed by atoms with van der Waals surface area (Å²) in [4.78, 5) is 15.8. The molecule has 2 heterocycles. The van der Waals surface area contributed by atoms with Crippen LogP contribution in [0.1, 0.15) is 19.1 Å². The Kier molecular flexibility index (Phi) is 5.17. The largest absolute Gasteiger partial charge is 0.502 e. The molecule has 1 unspecified atom stereocenters. The summed E-state index contributed by atoms with van der Waals surface area (Å²) in [5, 5.41) is 18.5. The van der Waals surface area contributed by atoms with Crippen LogP contribution < -0.4 is 5.43 Å². The Morgan fingerprint density at radius 1 is 1.35 bits per heavy atom. The van der Waals surface area contributed by atoms with E-state index in [-0.39, 0.29) is 18.4 Å². The lowest BCUT2D eigenvalue weighted by atomic mass is 10.1. The topological polar surface area (TPSA) is 77.2 Å². The molecule has 0 radical (unpaired) electrons. The standard InChI is InChI=1S/C14H22N2O4/c1-2-11(9-17)16-5-3-15(4-6-16)8-12-7-13(18)14(19)10-20-12/h7,10-11,17,19H,2-6,8-9H2,1H3. The highest BCUT2D eigenvalue weighted by atomic mass is 16.4. The second kappa shape index (κ2) is 6.88. The highest BCUT2D eigenvalue weighted by Crippen LogP contribution is 2.12. The number of piperazine rings is 1. The third kappa shape index (κ3) is 3.59. The highest BCUT2D eigenvalue weighted by Gasteiger charge is 2.22. The molecule has 1 saturated heterocycles. The first-order valence-electron chi connectivity index (χ1n) is 7.02. The van der Waals surface area contributed by atoms with E-state index in [1.54, 1.807) is 0 Å². The zero-order valence-corrected chi connectivity index (χ0v) is 11.8. The van der Waals surface area contributed by atoms with E-state index in [1.807, 2.05) is 0 Å². The van der Waals surface area contributed by atoms with Crippen molar-refractivity contribution in [1.82, 2.24) is 9.80 Å². The van der Waals surface area contributed by atoms with Gasteiger partial charge in [0.25, 0.3) is 0 Å². The third-order valence-electron chi connectivity index (χ3n) is 3.85. The lowest BCUT2D eigenvalue weighted by molar-refractivity contribution is 0.0580. The summed E-state index contributed by atoms with van der Waals surface area (Å²) in [7, 11) is 0. The fourth-order valence-corrected chi connectivity index (χ4v) is 2.54. The summed E-state index contributed by atoms with van der Waals surface area (Å²) in [6.45, 7) is 6.41. The van der Waals surface area contributed by atoms with E-state index >= 15 is 0 Å². The molecule has 20 heavy (non-hydrogen) atoms. The molecule has 0 amide bonds. The predicted molar refractivity (Wildman–Crippen MR) is 74.7 cm³/mol. The normalized spacial score (nSPS) is 19.1. The minimum atomic E-state index is -0.406. The average Bonchev–Trinajstić information content (AvgIpc) is 2.46. The number of hydrogen-bond acceptors (Lipinski definition) is 6. The molecule has 6 heteroatoms. The van der Waals surface area contributed by atoms with Gasteiger partial charge in [-0.15, -0.1) is 0 Å². The van der Waals surface area contributed by atoms with Gasteiger partial charge >= 0.3 is 0 Å². The number of nitrogens with zero attached hydrogens (tertiary/aromatic N) is 2. The average molecular weight is 282 g/mol. The first kappa shape index (κ1) is 15.0. The molecule has 1 atom stereocenters. The van der Waals surface area contributed by atoms with Crippen LogP contribution in [0.15, 0.2) is 21.5 Å². The predicted octanol–water partition coefficient (Wildman–Crippen LogP) is 0.234. The van der Waals surface area contributed by atoms with E-state index in [4.69, 9.17) is 9.52 Å². The smallest absolute Gasteiger partial charge is 0.226 e. The van der Waals surface area contributed by atoms with E-state index in [0.29, 0.717) is 12.3 Å². The summed E-state index contributed by atoms with van der Waals surface area (Å²) in [6.07, 6.45) is 2.04. The van der Waals surface area contributed by atoms with E-state index in [1.165, 1.54) is 6.07 Å². The number of hydrogen-bond donors (Lipinski definition) is 2. The number of aromatic hydroxyl groups is 1. The maximum atomic E-state index is 11.3. The van der Waals surface area contributed by atoms with Gasteiger partial charge in [-0.05, 0) is 6.42 Å². The molecule has 1 aromatic rings. The molecule has 1 aliphatic heterocycles. The molecule has 6 nitrogen and oxygen atoms in total. The Morgan fingerprint density at radius 2 is 2.05 bits per heavy atom. The fourth-order valence-electron chi connectivity index (χ4n) is 2.54. The fraction of sp³-hybridized carbons (Fsp3) is 0.643. The van der Waals surface area contributed by atoms with Crippen LogP contribution >= 0.6 is 0 Å². The minimum Gasteiger partial charge on any atom is -0.502 e. The monoisotopic (exact) mass is 282 g/mol. The van der Waals surface area contributed by atoms with Crippen molar-refractivity contribution >= 4 is 0 Å². The van der Waals surface area contributed by atoms with Crippen molar-refractivity contribution in [3.63, 3.8) is 0 Å². The maximum Gasteiger partial charge on any atom is 0.226 e. The van der Waals surface area contributed by atoms with Crippen LogP contribution in [0.5, 0.6) is 5.75 Å². The number of rotatable bonds is 5. The summed E-state index contributed by atoms with van der Waals surface area (Å²) in [5.41, 5.74) is -0.406. The van der Waals surface area contributed by atoms with Crippen LogP contribution in [-0.2, 0) is 6.54 Å². The quantitative estimate of drug-likeness (QED) is 0.805. The van der Waals surface area contributed by atoms with Crippen molar-refractivity contribution in [1.29, 1.82) is 0 Å². The SMILES string of the molecule is CCC(CO)N1CCN(Cc2cc(=O)c(O)co2)CC1. The molecule has 1 aliphatic rings. The molecular formula is C14H22N2O4. The third-order valence-corrected chi connectivity index (χ3v) is 3.85. The lowest BCUT2D eigenvalue weighted by Gasteiger charge is -2.38. The van der Waals surface area contributed by atoms with Gasteiger partial charge in [0.2, 0.25) is 5.43 Å². The number of aliphatic hydroxyl groups excluding tert-OH is 1. The molecular weight excluding hydrogens is 260 g/mol. The molecule has 1 fully saturated rings. The van der Waals surface area contributed by atoms with Crippen molar-refractivity contribution in [2.45, 2.75) is 25.9 Å². The van der Waals surface area contributed by atoms with Gasteiger partial charge in [-0.1, -0.05) is 6.92 Å². The molecule has 2 N–H and O–H groups in total. The molecule has 2 rings (SSSR count). The van der Waals surface area contributed by atoms with Gasteiger partial charge in [-0.25, -0.2) is 0 Å². The van der Waals surface area contributed by atoms with Gasteiger partial charge in [-0.3, -0.25) is 14.6 Å². The molecule has 0 bridgehead atoms. The van der Waals surface area contributed by atoms with Gasteiger partial charge in [0, 0.05) is 38.3 Å². The van der Waals surface area contributed by atoms with Crippen LogP contribution in [0, 0.1) is 0 Å². The summed E-state index contributed by atoms with van der Waals surface area (Å²) in [6, 6.07) is 1.58. The van der Waals surface area contributed by atoms with Gasteiger partial charge in [0.1, 0.15) is 12.0 Å². The van der Waals surface area contributed by atoms with Crippen molar-refractivity contribution in [2.24, 2.45) is 0 Å². The first-order chi connectivity index (χ1) is 9.63. The Morgan fingerprint density at radius 3 is 2.60 bits per heavy atom. The Hall–Kier alpha value is -1.37. The zero-order chi connectivity index (χ0) is 14.5. The Labute approximate surface area is 118 Å². The van der Waals surface area contributed by atoms with Gasteiger partial charge in [0.05, 0.1) is 13.2 Å².